The van der Waals surface area contributed by atoms with Crippen molar-refractivity contribution >= 4 is 0 Å². The molecule has 0 N–H and O–H groups in total. The molecule has 2 heterocycles. The molecule has 2 aromatic rings. The van der Waals surface area contributed by atoms with Gasteiger partial charge in [0, 0.05) is 23.1 Å². The van der Waals surface area contributed by atoms with Crippen LogP contribution < -0.4 is 4.57 Å². The van der Waals surface area contributed by atoms with Gasteiger partial charge in [0.15, 0.2) is 12.2 Å². The monoisotopic (exact) mass is 266 g/mol. The van der Waals surface area contributed by atoms with E-state index in [9.17, 15) is 0 Å². The molecule has 0 saturated heterocycles. The van der Waals surface area contributed by atoms with Crippen molar-refractivity contribution in [1.82, 2.24) is 0 Å². The lowest BCUT2D eigenvalue weighted by molar-refractivity contribution is -0.714. The molecule has 0 spiro atoms. The molecule has 0 aliphatic carbocycles. The standard InChI is InChI=1S/C19H24N/c1-13-14(2)20-12-15(19(3,4)5)10-11-18(20)17-9-7-6-8-16(13)17/h6-14H,1-5H3/q+1. The van der Waals surface area contributed by atoms with Crippen LogP contribution in [0.3, 0.4) is 0 Å². The van der Waals surface area contributed by atoms with Gasteiger partial charge in [-0.2, -0.15) is 4.57 Å². The SMILES string of the molecule is CC1c2ccccc2-c2ccc(C(C)(C)C)c[n+]2C1C. The summed E-state index contributed by atoms with van der Waals surface area (Å²) in [5.74, 6) is 0.555. The molecule has 1 heteroatoms. The molecule has 20 heavy (non-hydrogen) atoms. The minimum Gasteiger partial charge on any atom is -0.195 e. The Morgan fingerprint density at radius 2 is 1.65 bits per heavy atom. The lowest BCUT2D eigenvalue weighted by Gasteiger charge is -2.27. The van der Waals surface area contributed by atoms with Crippen molar-refractivity contribution < 1.29 is 4.57 Å². The zero-order valence-corrected chi connectivity index (χ0v) is 13.1. The molecule has 2 unspecified atom stereocenters. The van der Waals surface area contributed by atoms with Gasteiger partial charge in [0.25, 0.3) is 0 Å². The number of fused-ring (bicyclic) bond motifs is 3. The summed E-state index contributed by atoms with van der Waals surface area (Å²) >= 11 is 0. The van der Waals surface area contributed by atoms with Crippen LogP contribution in [0.2, 0.25) is 0 Å². The Hall–Kier alpha value is -1.63. The fourth-order valence-corrected chi connectivity index (χ4v) is 3.15. The quantitative estimate of drug-likeness (QED) is 0.613. The fourth-order valence-electron chi connectivity index (χ4n) is 3.15. The van der Waals surface area contributed by atoms with Gasteiger partial charge < -0.3 is 0 Å². The average Bonchev–Trinajstić information content (AvgIpc) is 2.43. The predicted octanol–water partition coefficient (Wildman–Crippen LogP) is 4.62. The molecule has 0 saturated carbocycles. The van der Waals surface area contributed by atoms with E-state index in [1.165, 1.54) is 22.4 Å². The summed E-state index contributed by atoms with van der Waals surface area (Å²) in [4.78, 5) is 0. The zero-order chi connectivity index (χ0) is 14.5. The van der Waals surface area contributed by atoms with Crippen molar-refractivity contribution in [1.29, 1.82) is 0 Å². The van der Waals surface area contributed by atoms with Crippen LogP contribution in [0.1, 0.15) is 57.7 Å². The van der Waals surface area contributed by atoms with Crippen LogP contribution in [-0.4, -0.2) is 0 Å². The Bertz CT molecular complexity index is 649. The number of hydrogen-bond donors (Lipinski definition) is 0. The van der Waals surface area contributed by atoms with Crippen molar-refractivity contribution in [2.75, 3.05) is 0 Å². The van der Waals surface area contributed by atoms with Gasteiger partial charge in [0.05, 0.1) is 0 Å². The summed E-state index contributed by atoms with van der Waals surface area (Å²) in [6.07, 6.45) is 2.35. The summed E-state index contributed by atoms with van der Waals surface area (Å²) < 4.78 is 2.47. The van der Waals surface area contributed by atoms with Gasteiger partial charge >= 0.3 is 0 Å². The van der Waals surface area contributed by atoms with Crippen molar-refractivity contribution in [3.63, 3.8) is 0 Å². The highest BCUT2D eigenvalue weighted by molar-refractivity contribution is 5.63. The summed E-state index contributed by atoms with van der Waals surface area (Å²) in [5, 5.41) is 0. The molecule has 2 atom stereocenters. The third kappa shape index (κ3) is 1.96. The van der Waals surface area contributed by atoms with E-state index in [-0.39, 0.29) is 5.41 Å². The van der Waals surface area contributed by atoms with E-state index in [4.69, 9.17) is 0 Å². The number of pyridine rings is 1. The van der Waals surface area contributed by atoms with E-state index in [2.05, 4.69) is 81.8 Å². The Morgan fingerprint density at radius 1 is 0.950 bits per heavy atom. The topological polar surface area (TPSA) is 3.88 Å². The average molecular weight is 266 g/mol. The van der Waals surface area contributed by atoms with Crippen LogP contribution in [0.15, 0.2) is 42.6 Å². The van der Waals surface area contributed by atoms with Gasteiger partial charge in [-0.25, -0.2) is 0 Å². The normalized spacial score (nSPS) is 21.2. The second-order valence-electron chi connectivity index (χ2n) is 7.08. The first-order valence-corrected chi connectivity index (χ1v) is 7.54. The Labute approximate surface area is 122 Å². The minimum absolute atomic E-state index is 0.196. The van der Waals surface area contributed by atoms with E-state index in [1.807, 2.05) is 0 Å². The van der Waals surface area contributed by atoms with Crippen LogP contribution in [0.5, 0.6) is 0 Å². The van der Waals surface area contributed by atoms with Gasteiger partial charge in [0.2, 0.25) is 5.69 Å². The number of benzene rings is 1. The van der Waals surface area contributed by atoms with E-state index in [0.717, 1.165) is 0 Å². The third-order valence-electron chi connectivity index (χ3n) is 4.73. The summed E-state index contributed by atoms with van der Waals surface area (Å²) in [7, 11) is 0. The highest BCUT2D eigenvalue weighted by atomic mass is 15.0. The maximum absolute atomic E-state index is 2.47. The largest absolute Gasteiger partial charge is 0.213 e. The predicted molar refractivity (Wildman–Crippen MR) is 83.9 cm³/mol. The van der Waals surface area contributed by atoms with E-state index in [0.29, 0.717) is 12.0 Å². The van der Waals surface area contributed by atoms with Crippen molar-refractivity contribution in [3.05, 3.63) is 53.7 Å². The van der Waals surface area contributed by atoms with Crippen LogP contribution >= 0.6 is 0 Å². The van der Waals surface area contributed by atoms with Gasteiger partial charge in [-0.05, 0) is 30.0 Å². The highest BCUT2D eigenvalue weighted by Crippen LogP contribution is 2.37. The molecule has 1 nitrogen and oxygen atoms in total. The summed E-state index contributed by atoms with van der Waals surface area (Å²) in [6.45, 7) is 11.5. The molecule has 0 amide bonds. The van der Waals surface area contributed by atoms with Gasteiger partial charge in [-0.15, -0.1) is 0 Å². The molecule has 104 valence electrons. The molecular weight excluding hydrogens is 242 g/mol. The molecule has 0 fully saturated rings. The first-order valence-electron chi connectivity index (χ1n) is 7.54. The number of nitrogens with zero attached hydrogens (tertiary/aromatic N) is 1. The Balaban J connectivity index is 2.24. The molecule has 1 aliphatic heterocycles. The number of hydrogen-bond acceptors (Lipinski definition) is 0. The van der Waals surface area contributed by atoms with Crippen LogP contribution in [0, 0.1) is 0 Å². The maximum atomic E-state index is 2.47. The van der Waals surface area contributed by atoms with Crippen molar-refractivity contribution in [2.24, 2.45) is 0 Å². The van der Waals surface area contributed by atoms with E-state index < -0.39 is 0 Å². The van der Waals surface area contributed by atoms with Crippen LogP contribution in [0.4, 0.5) is 0 Å². The fraction of sp³-hybridized carbons (Fsp3) is 0.421. The van der Waals surface area contributed by atoms with Crippen molar-refractivity contribution in [3.8, 4) is 11.3 Å². The number of aromatic nitrogens is 1. The first kappa shape index (κ1) is 13.4. The Kier molecular flexibility index (Phi) is 2.97. The number of rotatable bonds is 0. The molecule has 0 radical (unpaired) electrons. The van der Waals surface area contributed by atoms with Crippen LogP contribution in [-0.2, 0) is 5.41 Å². The second-order valence-corrected chi connectivity index (χ2v) is 7.08. The minimum atomic E-state index is 0.196. The zero-order valence-electron chi connectivity index (χ0n) is 13.1. The van der Waals surface area contributed by atoms with E-state index in [1.54, 1.807) is 0 Å². The Morgan fingerprint density at radius 3 is 2.35 bits per heavy atom. The lowest BCUT2D eigenvalue weighted by Crippen LogP contribution is -2.46. The molecule has 3 rings (SSSR count). The first-order chi connectivity index (χ1) is 9.39. The molecular formula is C19H24N+. The van der Waals surface area contributed by atoms with Gasteiger partial charge in [-0.3, -0.25) is 0 Å². The summed E-state index contributed by atoms with van der Waals surface area (Å²) in [5.41, 5.74) is 5.81. The van der Waals surface area contributed by atoms with Crippen LogP contribution in [0.25, 0.3) is 11.3 Å². The molecule has 1 aliphatic rings. The third-order valence-corrected chi connectivity index (χ3v) is 4.73. The van der Waals surface area contributed by atoms with Crippen molar-refractivity contribution in [2.45, 2.75) is 52.0 Å². The molecule has 1 aromatic heterocycles. The highest BCUT2D eigenvalue weighted by Gasteiger charge is 2.35. The second kappa shape index (κ2) is 4.44. The molecule has 0 bridgehead atoms. The summed E-state index contributed by atoms with van der Waals surface area (Å²) in [6, 6.07) is 13.9. The van der Waals surface area contributed by atoms with Gasteiger partial charge in [-0.1, -0.05) is 45.9 Å². The van der Waals surface area contributed by atoms with E-state index >= 15 is 0 Å². The lowest BCUT2D eigenvalue weighted by atomic mass is 9.83. The molecule has 1 aromatic carbocycles. The smallest absolute Gasteiger partial charge is 0.195 e. The maximum Gasteiger partial charge on any atom is 0.213 e. The van der Waals surface area contributed by atoms with Gasteiger partial charge in [0.1, 0.15) is 0 Å².